The third kappa shape index (κ3) is 11.9. The molecule has 0 aromatic rings. The van der Waals surface area contributed by atoms with Gasteiger partial charge in [0.1, 0.15) is 0 Å². The maximum absolute atomic E-state index is 4.44. The molecule has 0 aromatic carbocycles. The standard InChI is InChI=1S/C3H6S.Li/c1-2-3-4;/h2,4H,1,3H2;/q;+1/p-1. The second-order valence-corrected chi connectivity index (χ2v) is 0.789. The summed E-state index contributed by atoms with van der Waals surface area (Å²) < 4.78 is 0. The topological polar surface area (TPSA) is 0 Å². The monoisotopic (exact) mass is 80.0 g/mol. The van der Waals surface area contributed by atoms with Crippen LogP contribution in [0.3, 0.4) is 0 Å². The molecule has 0 nitrogen and oxygen atoms in total. The van der Waals surface area contributed by atoms with Gasteiger partial charge < -0.3 is 12.6 Å². The predicted octanol–water partition coefficient (Wildman–Crippen LogP) is -2.28. The summed E-state index contributed by atoms with van der Waals surface area (Å²) in [7, 11) is 0. The molecule has 0 saturated carbocycles. The summed E-state index contributed by atoms with van der Waals surface area (Å²) >= 11 is 4.44. The third-order valence-electron chi connectivity index (χ3n) is 0.118. The Hall–Kier alpha value is 0.687. The van der Waals surface area contributed by atoms with Crippen molar-refractivity contribution in [3.8, 4) is 0 Å². The second-order valence-electron chi connectivity index (χ2n) is 0.455. The Balaban J connectivity index is 0. The van der Waals surface area contributed by atoms with Crippen molar-refractivity contribution in [3.05, 3.63) is 12.7 Å². The van der Waals surface area contributed by atoms with E-state index < -0.39 is 0 Å². The largest absolute Gasteiger partial charge is 1.00 e. The molecule has 0 rings (SSSR count). The molecule has 0 aliphatic rings. The van der Waals surface area contributed by atoms with Gasteiger partial charge in [-0.15, -0.1) is 12.7 Å². The van der Waals surface area contributed by atoms with Crippen LogP contribution >= 0.6 is 0 Å². The Labute approximate surface area is 50.2 Å². The molecule has 0 heterocycles. The van der Waals surface area contributed by atoms with Crippen molar-refractivity contribution in [1.29, 1.82) is 0 Å². The molecule has 0 bridgehead atoms. The number of hydrogen-bond acceptors (Lipinski definition) is 1. The minimum absolute atomic E-state index is 0. The van der Waals surface area contributed by atoms with E-state index in [-0.39, 0.29) is 18.9 Å². The Morgan fingerprint density at radius 3 is 2.00 bits per heavy atom. The van der Waals surface area contributed by atoms with Crippen LogP contribution in [0.15, 0.2) is 12.7 Å². The zero-order chi connectivity index (χ0) is 3.41. The van der Waals surface area contributed by atoms with Gasteiger partial charge >= 0.3 is 18.9 Å². The van der Waals surface area contributed by atoms with Gasteiger partial charge in [-0.3, -0.25) is 0 Å². The first-order valence-electron chi connectivity index (χ1n) is 1.11. The van der Waals surface area contributed by atoms with E-state index in [1.165, 1.54) is 0 Å². The summed E-state index contributed by atoms with van der Waals surface area (Å²) in [5.41, 5.74) is 0. The molecule has 0 fully saturated rings. The SMILES string of the molecule is C=CC[S-].[Li+]. The van der Waals surface area contributed by atoms with Crippen LogP contribution in [0.2, 0.25) is 0 Å². The van der Waals surface area contributed by atoms with Crippen LogP contribution in [0.25, 0.3) is 0 Å². The van der Waals surface area contributed by atoms with Crippen LogP contribution in [-0.2, 0) is 12.6 Å². The van der Waals surface area contributed by atoms with E-state index in [0.717, 1.165) is 0 Å². The second kappa shape index (κ2) is 8.82. The molecule has 0 aliphatic heterocycles. The summed E-state index contributed by atoms with van der Waals surface area (Å²) in [5, 5.41) is 0. The minimum Gasteiger partial charge on any atom is -0.789 e. The molecule has 0 spiro atoms. The van der Waals surface area contributed by atoms with E-state index in [1.54, 1.807) is 6.08 Å². The van der Waals surface area contributed by atoms with Gasteiger partial charge in [0.15, 0.2) is 0 Å². The summed E-state index contributed by atoms with van der Waals surface area (Å²) in [6.07, 6.45) is 1.69. The predicted molar refractivity (Wildman–Crippen MR) is 22.4 cm³/mol. The third-order valence-corrected chi connectivity index (χ3v) is 0.354. The van der Waals surface area contributed by atoms with Crippen molar-refractivity contribution in [3.63, 3.8) is 0 Å². The summed E-state index contributed by atoms with van der Waals surface area (Å²) in [4.78, 5) is 0. The quantitative estimate of drug-likeness (QED) is 0.194. The first-order chi connectivity index (χ1) is 1.91. The summed E-state index contributed by atoms with van der Waals surface area (Å²) in [6.45, 7) is 3.38. The van der Waals surface area contributed by atoms with Crippen molar-refractivity contribution >= 4 is 12.6 Å². The Morgan fingerprint density at radius 1 is 1.80 bits per heavy atom. The average Bonchev–Trinajstić information content (AvgIpc) is 1.37. The van der Waals surface area contributed by atoms with Gasteiger partial charge in [0.2, 0.25) is 0 Å². The van der Waals surface area contributed by atoms with Gasteiger partial charge in [-0.1, -0.05) is 0 Å². The van der Waals surface area contributed by atoms with Gasteiger partial charge in [0.05, 0.1) is 0 Å². The number of hydrogen-bond donors (Lipinski definition) is 0. The van der Waals surface area contributed by atoms with E-state index in [9.17, 15) is 0 Å². The Kier molecular flexibility index (Phi) is 16.2. The molecule has 0 atom stereocenters. The van der Waals surface area contributed by atoms with Crippen molar-refractivity contribution in [2.24, 2.45) is 0 Å². The fourth-order valence-corrected chi connectivity index (χ4v) is 0. The molecule has 5 heavy (non-hydrogen) atoms. The first-order valence-corrected chi connectivity index (χ1v) is 1.68. The van der Waals surface area contributed by atoms with Crippen molar-refractivity contribution in [2.45, 2.75) is 0 Å². The number of rotatable bonds is 1. The zero-order valence-corrected chi connectivity index (χ0v) is 4.22. The molecule has 0 aliphatic carbocycles. The molecular formula is C3H5LiS. The van der Waals surface area contributed by atoms with Crippen molar-refractivity contribution in [1.82, 2.24) is 0 Å². The van der Waals surface area contributed by atoms with Gasteiger partial charge in [-0.05, 0) is 0 Å². The van der Waals surface area contributed by atoms with Crippen LogP contribution in [0.4, 0.5) is 0 Å². The van der Waals surface area contributed by atoms with Crippen LogP contribution in [-0.4, -0.2) is 5.75 Å². The van der Waals surface area contributed by atoms with E-state index in [1.807, 2.05) is 0 Å². The molecule has 0 radical (unpaired) electrons. The van der Waals surface area contributed by atoms with Crippen LogP contribution < -0.4 is 18.9 Å². The van der Waals surface area contributed by atoms with E-state index in [2.05, 4.69) is 19.2 Å². The van der Waals surface area contributed by atoms with Crippen molar-refractivity contribution < 1.29 is 18.9 Å². The van der Waals surface area contributed by atoms with Crippen LogP contribution in [0, 0.1) is 0 Å². The van der Waals surface area contributed by atoms with Gasteiger partial charge in [0, 0.05) is 0 Å². The fraction of sp³-hybridized carbons (Fsp3) is 0.333. The van der Waals surface area contributed by atoms with Crippen LogP contribution in [0.5, 0.6) is 0 Å². The first kappa shape index (κ1) is 9.19. The van der Waals surface area contributed by atoms with Gasteiger partial charge in [0.25, 0.3) is 0 Å². The van der Waals surface area contributed by atoms with Crippen molar-refractivity contribution in [2.75, 3.05) is 5.75 Å². The molecule has 0 amide bonds. The molecule has 0 unspecified atom stereocenters. The van der Waals surface area contributed by atoms with Crippen LogP contribution in [0.1, 0.15) is 0 Å². The van der Waals surface area contributed by atoms with Gasteiger partial charge in [-0.25, -0.2) is 0 Å². The molecule has 2 heteroatoms. The smallest absolute Gasteiger partial charge is 0.789 e. The Bertz CT molecular complexity index is 20.9. The van der Waals surface area contributed by atoms with Gasteiger partial charge in [-0.2, -0.15) is 5.75 Å². The molecule has 0 N–H and O–H groups in total. The van der Waals surface area contributed by atoms with E-state index in [0.29, 0.717) is 5.75 Å². The summed E-state index contributed by atoms with van der Waals surface area (Å²) in [6, 6.07) is 0. The molecule has 24 valence electrons. The minimum atomic E-state index is 0. The molecular weight excluding hydrogens is 75.0 g/mol. The van der Waals surface area contributed by atoms with E-state index >= 15 is 0 Å². The summed E-state index contributed by atoms with van der Waals surface area (Å²) in [5.74, 6) is 0.667. The fourth-order valence-electron chi connectivity index (χ4n) is 0. The average molecular weight is 80.1 g/mol. The van der Waals surface area contributed by atoms with E-state index in [4.69, 9.17) is 0 Å². The molecule has 0 aromatic heterocycles. The maximum atomic E-state index is 4.44. The molecule has 0 saturated heterocycles. The maximum Gasteiger partial charge on any atom is 1.00 e. The Morgan fingerprint density at radius 2 is 2.00 bits per heavy atom. The normalized spacial score (nSPS) is 5.00. The zero-order valence-electron chi connectivity index (χ0n) is 3.40.